The topological polar surface area (TPSA) is 59.2 Å². The van der Waals surface area contributed by atoms with E-state index in [0.717, 1.165) is 25.7 Å². The van der Waals surface area contributed by atoms with E-state index < -0.39 is 0 Å². The van der Waals surface area contributed by atoms with Gasteiger partial charge in [-0.2, -0.15) is 0 Å². The van der Waals surface area contributed by atoms with Crippen LogP contribution in [0.25, 0.3) is 0 Å². The summed E-state index contributed by atoms with van der Waals surface area (Å²) < 4.78 is 0. The number of carbonyl (C=O) groups excluding carboxylic acids is 1. The quantitative estimate of drug-likeness (QED) is 0.840. The molecule has 1 saturated carbocycles. The number of nitrogens with zero attached hydrogens (tertiary/aromatic N) is 2. The third-order valence-electron chi connectivity index (χ3n) is 3.49. The van der Waals surface area contributed by atoms with Gasteiger partial charge in [-0.05, 0) is 37.8 Å². The molecule has 1 aromatic heterocycles. The monoisotopic (exact) mass is 233 g/mol. The Labute approximate surface area is 102 Å². The highest BCUT2D eigenvalue weighted by Gasteiger charge is 2.25. The van der Waals surface area contributed by atoms with Crippen LogP contribution in [0, 0.1) is 0 Å². The molecule has 1 fully saturated rings. The number of nitrogens with two attached hydrogens (primary N) is 1. The van der Waals surface area contributed by atoms with Crippen molar-refractivity contribution in [3.8, 4) is 0 Å². The van der Waals surface area contributed by atoms with Crippen molar-refractivity contribution in [1.29, 1.82) is 0 Å². The molecule has 0 radical (unpaired) electrons. The Morgan fingerprint density at radius 1 is 1.35 bits per heavy atom. The molecule has 0 aromatic carbocycles. The summed E-state index contributed by atoms with van der Waals surface area (Å²) in [4.78, 5) is 18.1. The van der Waals surface area contributed by atoms with Gasteiger partial charge >= 0.3 is 0 Å². The predicted octanol–water partition coefficient (Wildman–Crippen LogP) is 1.42. The van der Waals surface area contributed by atoms with Gasteiger partial charge in [0, 0.05) is 25.3 Å². The van der Waals surface area contributed by atoms with Gasteiger partial charge in [-0.1, -0.05) is 6.07 Å². The average molecular weight is 233 g/mol. The Morgan fingerprint density at radius 2 is 2.06 bits per heavy atom. The minimum atomic E-state index is 0.00562. The third-order valence-corrected chi connectivity index (χ3v) is 3.49. The Morgan fingerprint density at radius 3 is 2.65 bits per heavy atom. The normalized spacial score (nSPS) is 24.4. The van der Waals surface area contributed by atoms with Crippen LogP contribution in [0.1, 0.15) is 36.2 Å². The number of rotatable bonds is 2. The van der Waals surface area contributed by atoms with E-state index in [9.17, 15) is 4.79 Å². The second-order valence-corrected chi connectivity index (χ2v) is 4.70. The van der Waals surface area contributed by atoms with Crippen LogP contribution in [0.2, 0.25) is 0 Å². The maximum atomic E-state index is 12.2. The van der Waals surface area contributed by atoms with E-state index in [-0.39, 0.29) is 5.91 Å². The molecule has 4 heteroatoms. The van der Waals surface area contributed by atoms with Crippen LogP contribution in [-0.2, 0) is 0 Å². The fraction of sp³-hybridized carbons (Fsp3) is 0.538. The third kappa shape index (κ3) is 2.82. The molecule has 92 valence electrons. The van der Waals surface area contributed by atoms with Crippen LogP contribution in [0.15, 0.2) is 24.4 Å². The molecule has 1 aliphatic rings. The predicted molar refractivity (Wildman–Crippen MR) is 66.6 cm³/mol. The molecule has 0 bridgehead atoms. The van der Waals surface area contributed by atoms with Crippen LogP contribution in [0.5, 0.6) is 0 Å². The molecule has 0 unspecified atom stereocenters. The van der Waals surface area contributed by atoms with Gasteiger partial charge in [0.1, 0.15) is 5.69 Å². The van der Waals surface area contributed by atoms with E-state index in [1.165, 1.54) is 0 Å². The zero-order valence-electron chi connectivity index (χ0n) is 10.2. The minimum Gasteiger partial charge on any atom is -0.337 e. The Balaban J connectivity index is 2.00. The summed E-state index contributed by atoms with van der Waals surface area (Å²) in [6.45, 7) is 0. The highest BCUT2D eigenvalue weighted by atomic mass is 16.2. The average Bonchev–Trinajstić information content (AvgIpc) is 2.39. The first-order valence-corrected chi connectivity index (χ1v) is 6.12. The maximum absolute atomic E-state index is 12.2. The first-order chi connectivity index (χ1) is 8.18. The van der Waals surface area contributed by atoms with Gasteiger partial charge in [0.25, 0.3) is 5.91 Å². The second-order valence-electron chi connectivity index (χ2n) is 4.70. The fourth-order valence-electron chi connectivity index (χ4n) is 2.32. The summed E-state index contributed by atoms with van der Waals surface area (Å²) in [5.41, 5.74) is 6.39. The van der Waals surface area contributed by atoms with Gasteiger partial charge in [-0.25, -0.2) is 0 Å². The van der Waals surface area contributed by atoms with Crippen molar-refractivity contribution >= 4 is 5.91 Å². The molecule has 0 atom stereocenters. The summed E-state index contributed by atoms with van der Waals surface area (Å²) in [7, 11) is 1.86. The Bertz CT molecular complexity index is 372. The lowest BCUT2D eigenvalue weighted by molar-refractivity contribution is 0.0684. The molecule has 4 nitrogen and oxygen atoms in total. The smallest absolute Gasteiger partial charge is 0.272 e. The summed E-state index contributed by atoms with van der Waals surface area (Å²) in [6, 6.07) is 6.03. The van der Waals surface area contributed by atoms with Gasteiger partial charge in [0.2, 0.25) is 0 Å². The molecule has 17 heavy (non-hydrogen) atoms. The summed E-state index contributed by atoms with van der Waals surface area (Å²) in [5, 5.41) is 0. The van der Waals surface area contributed by atoms with E-state index in [4.69, 9.17) is 5.73 Å². The lowest BCUT2D eigenvalue weighted by Crippen LogP contribution is -2.42. The first kappa shape index (κ1) is 12.0. The van der Waals surface area contributed by atoms with E-state index in [1.807, 2.05) is 24.1 Å². The van der Waals surface area contributed by atoms with Gasteiger partial charge in [0.05, 0.1) is 0 Å². The van der Waals surface area contributed by atoms with Gasteiger partial charge in [0.15, 0.2) is 0 Å². The number of carbonyl (C=O) groups is 1. The first-order valence-electron chi connectivity index (χ1n) is 6.12. The van der Waals surface area contributed by atoms with Crippen LogP contribution < -0.4 is 5.73 Å². The van der Waals surface area contributed by atoms with E-state index >= 15 is 0 Å². The molecule has 0 spiro atoms. The molecule has 1 aliphatic carbocycles. The zero-order valence-corrected chi connectivity index (χ0v) is 10.2. The molecule has 2 rings (SSSR count). The Hall–Kier alpha value is -1.42. The standard InChI is InChI=1S/C13H19N3O/c1-16(11-7-5-10(14)6-8-11)13(17)12-4-2-3-9-15-12/h2-4,9-11H,5-8,14H2,1H3. The molecular formula is C13H19N3O. The van der Waals surface area contributed by atoms with Crippen LogP contribution in [-0.4, -0.2) is 34.9 Å². The van der Waals surface area contributed by atoms with Crippen molar-refractivity contribution in [3.63, 3.8) is 0 Å². The van der Waals surface area contributed by atoms with Crippen molar-refractivity contribution < 1.29 is 4.79 Å². The summed E-state index contributed by atoms with van der Waals surface area (Å²) in [5.74, 6) is 0.00562. The highest BCUT2D eigenvalue weighted by Crippen LogP contribution is 2.22. The molecule has 0 saturated heterocycles. The molecule has 2 N–H and O–H groups in total. The molecule has 1 amide bonds. The maximum Gasteiger partial charge on any atom is 0.272 e. The number of hydrogen-bond acceptors (Lipinski definition) is 3. The van der Waals surface area contributed by atoms with Crippen LogP contribution in [0.3, 0.4) is 0 Å². The number of hydrogen-bond donors (Lipinski definition) is 1. The van der Waals surface area contributed by atoms with Crippen molar-refractivity contribution in [2.45, 2.75) is 37.8 Å². The zero-order chi connectivity index (χ0) is 12.3. The molecule has 1 heterocycles. The van der Waals surface area contributed by atoms with Gasteiger partial charge in [-0.3, -0.25) is 9.78 Å². The Kier molecular flexibility index (Phi) is 3.74. The van der Waals surface area contributed by atoms with E-state index in [2.05, 4.69) is 4.98 Å². The van der Waals surface area contributed by atoms with E-state index in [0.29, 0.717) is 17.8 Å². The largest absolute Gasteiger partial charge is 0.337 e. The van der Waals surface area contributed by atoms with Crippen molar-refractivity contribution in [2.24, 2.45) is 5.73 Å². The number of amides is 1. The highest BCUT2D eigenvalue weighted by molar-refractivity contribution is 5.92. The minimum absolute atomic E-state index is 0.00562. The van der Waals surface area contributed by atoms with Crippen molar-refractivity contribution in [2.75, 3.05) is 7.05 Å². The summed E-state index contributed by atoms with van der Waals surface area (Å²) in [6.07, 6.45) is 5.65. The van der Waals surface area contributed by atoms with Gasteiger partial charge in [-0.15, -0.1) is 0 Å². The fourth-order valence-corrected chi connectivity index (χ4v) is 2.32. The van der Waals surface area contributed by atoms with Crippen LogP contribution >= 0.6 is 0 Å². The number of aromatic nitrogens is 1. The molecular weight excluding hydrogens is 214 g/mol. The lowest BCUT2D eigenvalue weighted by Gasteiger charge is -2.33. The lowest BCUT2D eigenvalue weighted by atomic mass is 9.91. The number of pyridine rings is 1. The van der Waals surface area contributed by atoms with E-state index in [1.54, 1.807) is 12.3 Å². The molecule has 0 aliphatic heterocycles. The van der Waals surface area contributed by atoms with Gasteiger partial charge < -0.3 is 10.6 Å². The molecule has 1 aromatic rings. The van der Waals surface area contributed by atoms with Crippen LogP contribution in [0.4, 0.5) is 0 Å². The van der Waals surface area contributed by atoms with Crippen molar-refractivity contribution in [3.05, 3.63) is 30.1 Å². The SMILES string of the molecule is CN(C(=O)c1ccccn1)C1CCC(N)CC1. The van der Waals surface area contributed by atoms with Crippen molar-refractivity contribution in [1.82, 2.24) is 9.88 Å². The second kappa shape index (κ2) is 5.27. The summed E-state index contributed by atoms with van der Waals surface area (Å²) >= 11 is 0.